The summed E-state index contributed by atoms with van der Waals surface area (Å²) in [7, 11) is 0. The van der Waals surface area contributed by atoms with Gasteiger partial charge in [-0.15, -0.1) is 0 Å². The van der Waals surface area contributed by atoms with Crippen LogP contribution in [0, 0.1) is 5.82 Å². The number of aromatic amines is 2. The first-order chi connectivity index (χ1) is 10.6. The van der Waals surface area contributed by atoms with E-state index >= 15 is 0 Å². The molecule has 0 atom stereocenters. The third-order valence-electron chi connectivity index (χ3n) is 2.88. The fraction of sp³-hybridized carbons (Fsp3) is 0.0769. The van der Waals surface area contributed by atoms with Crippen molar-refractivity contribution in [1.29, 1.82) is 0 Å². The molecule has 2 aromatic heterocycles. The van der Waals surface area contributed by atoms with Gasteiger partial charge in [-0.3, -0.25) is 9.89 Å². The minimum atomic E-state index is -0.476. The van der Waals surface area contributed by atoms with Crippen molar-refractivity contribution in [2.24, 2.45) is 0 Å². The highest BCUT2D eigenvalue weighted by molar-refractivity contribution is 6.32. The number of aromatic nitrogens is 5. The Morgan fingerprint density at radius 3 is 2.77 bits per heavy atom. The molecule has 0 amide bonds. The Kier molecular flexibility index (Phi) is 3.84. The van der Waals surface area contributed by atoms with Gasteiger partial charge in [0, 0.05) is 5.56 Å². The lowest BCUT2D eigenvalue weighted by atomic mass is 10.2. The Morgan fingerprint density at radius 1 is 1.23 bits per heavy atom. The second kappa shape index (κ2) is 5.94. The van der Waals surface area contributed by atoms with Crippen LogP contribution in [0.5, 0.6) is 0 Å². The maximum atomic E-state index is 12.9. The van der Waals surface area contributed by atoms with Gasteiger partial charge in [0.1, 0.15) is 16.7 Å². The number of nitrogens with one attached hydrogen (secondary N) is 3. The van der Waals surface area contributed by atoms with E-state index in [1.165, 1.54) is 18.3 Å². The van der Waals surface area contributed by atoms with Gasteiger partial charge in [0.25, 0.3) is 5.56 Å². The molecule has 2 heterocycles. The van der Waals surface area contributed by atoms with Crippen molar-refractivity contribution in [1.82, 2.24) is 25.4 Å². The molecule has 22 heavy (non-hydrogen) atoms. The van der Waals surface area contributed by atoms with Crippen LogP contribution in [0.3, 0.4) is 0 Å². The topological polar surface area (TPSA) is 99.3 Å². The summed E-state index contributed by atoms with van der Waals surface area (Å²) >= 11 is 5.85. The van der Waals surface area contributed by atoms with Crippen LogP contribution in [0.1, 0.15) is 5.82 Å². The van der Waals surface area contributed by atoms with Gasteiger partial charge in [-0.2, -0.15) is 10.2 Å². The van der Waals surface area contributed by atoms with Crippen molar-refractivity contribution in [2.45, 2.75) is 6.54 Å². The van der Waals surface area contributed by atoms with E-state index in [0.29, 0.717) is 22.9 Å². The maximum Gasteiger partial charge on any atom is 0.285 e. The Hall–Kier alpha value is -2.74. The molecule has 3 N–H and O–H groups in total. The smallest absolute Gasteiger partial charge is 0.285 e. The fourth-order valence-corrected chi connectivity index (χ4v) is 1.95. The molecule has 0 fully saturated rings. The molecular weight excluding hydrogens is 311 g/mol. The summed E-state index contributed by atoms with van der Waals surface area (Å²) in [4.78, 5) is 15.6. The van der Waals surface area contributed by atoms with Crippen molar-refractivity contribution in [3.05, 3.63) is 57.5 Å². The highest BCUT2D eigenvalue weighted by Crippen LogP contribution is 2.17. The van der Waals surface area contributed by atoms with Crippen LogP contribution < -0.4 is 10.9 Å². The Balaban J connectivity index is 1.73. The zero-order chi connectivity index (χ0) is 15.5. The minimum absolute atomic E-state index is 0.0215. The second-order valence-electron chi connectivity index (χ2n) is 4.39. The average molecular weight is 321 g/mol. The maximum absolute atomic E-state index is 12.9. The number of halogens is 2. The number of nitrogens with zero attached hydrogens (tertiary/aromatic N) is 3. The average Bonchev–Trinajstić information content (AvgIpc) is 2.98. The van der Waals surface area contributed by atoms with Gasteiger partial charge in [0.05, 0.1) is 18.4 Å². The van der Waals surface area contributed by atoms with Gasteiger partial charge in [-0.1, -0.05) is 11.6 Å². The van der Waals surface area contributed by atoms with Crippen molar-refractivity contribution < 1.29 is 4.39 Å². The summed E-state index contributed by atoms with van der Waals surface area (Å²) in [6, 6.07) is 5.86. The van der Waals surface area contributed by atoms with Crippen LogP contribution in [0.25, 0.3) is 11.4 Å². The van der Waals surface area contributed by atoms with E-state index in [9.17, 15) is 9.18 Å². The van der Waals surface area contributed by atoms with Gasteiger partial charge in [-0.05, 0) is 24.3 Å². The molecule has 0 unspecified atom stereocenters. The highest BCUT2D eigenvalue weighted by atomic mass is 35.5. The predicted molar refractivity (Wildman–Crippen MR) is 79.0 cm³/mol. The predicted octanol–water partition coefficient (Wildman–Crippen LogP) is 1.96. The monoisotopic (exact) mass is 320 g/mol. The lowest BCUT2D eigenvalue weighted by molar-refractivity contribution is 0.628. The van der Waals surface area contributed by atoms with Crippen LogP contribution in [0.2, 0.25) is 5.02 Å². The van der Waals surface area contributed by atoms with E-state index in [4.69, 9.17) is 11.6 Å². The van der Waals surface area contributed by atoms with Crippen molar-refractivity contribution in [3.63, 3.8) is 0 Å². The molecule has 0 saturated carbocycles. The molecule has 1 aromatic carbocycles. The molecular formula is C13H10ClFN6O. The number of H-pyrrole nitrogens is 2. The van der Waals surface area contributed by atoms with E-state index in [2.05, 4.69) is 30.7 Å². The van der Waals surface area contributed by atoms with Crippen molar-refractivity contribution in [3.8, 4) is 11.4 Å². The standard InChI is InChI=1S/C13H10ClFN6O/c14-11-9(5-17-21-13(11)22)16-6-10-18-12(20-19-10)7-1-3-8(15)4-2-7/h1-5H,6H2,(H2,16,21,22)(H,18,19,20). The molecule has 0 bridgehead atoms. The zero-order valence-electron chi connectivity index (χ0n) is 11.1. The molecule has 3 aromatic rings. The van der Waals surface area contributed by atoms with Crippen LogP contribution >= 0.6 is 11.6 Å². The molecule has 0 aliphatic carbocycles. The molecule has 0 aliphatic heterocycles. The van der Waals surface area contributed by atoms with E-state index < -0.39 is 5.56 Å². The molecule has 0 radical (unpaired) electrons. The molecule has 9 heteroatoms. The van der Waals surface area contributed by atoms with E-state index in [0.717, 1.165) is 0 Å². The SMILES string of the molecule is O=c1[nH]ncc(NCc2nc(-c3ccc(F)cc3)n[nH]2)c1Cl. The zero-order valence-corrected chi connectivity index (χ0v) is 11.9. The van der Waals surface area contributed by atoms with E-state index in [1.807, 2.05) is 0 Å². The van der Waals surface area contributed by atoms with Crippen LogP contribution in [-0.4, -0.2) is 25.4 Å². The second-order valence-corrected chi connectivity index (χ2v) is 4.77. The molecule has 0 saturated heterocycles. The number of hydrogen-bond acceptors (Lipinski definition) is 5. The van der Waals surface area contributed by atoms with Gasteiger partial charge in [0.15, 0.2) is 5.82 Å². The molecule has 0 aliphatic rings. The number of rotatable bonds is 4. The third kappa shape index (κ3) is 2.96. The first-order valence-corrected chi connectivity index (χ1v) is 6.65. The van der Waals surface area contributed by atoms with Gasteiger partial charge in [0.2, 0.25) is 0 Å². The summed E-state index contributed by atoms with van der Waals surface area (Å²) in [6.45, 7) is 0.277. The summed E-state index contributed by atoms with van der Waals surface area (Å²) in [5.74, 6) is 0.667. The minimum Gasteiger partial charge on any atom is -0.375 e. The molecule has 0 spiro atoms. The first kappa shape index (κ1) is 14.2. The number of benzene rings is 1. The van der Waals surface area contributed by atoms with Crippen LogP contribution in [-0.2, 0) is 6.54 Å². The molecule has 3 rings (SSSR count). The van der Waals surface area contributed by atoms with E-state index in [1.54, 1.807) is 12.1 Å². The Bertz CT molecular complexity index is 844. The van der Waals surface area contributed by atoms with Crippen molar-refractivity contribution in [2.75, 3.05) is 5.32 Å². The van der Waals surface area contributed by atoms with E-state index in [-0.39, 0.29) is 17.4 Å². The fourth-order valence-electron chi connectivity index (χ4n) is 1.79. The quantitative estimate of drug-likeness (QED) is 0.682. The lowest BCUT2D eigenvalue weighted by Crippen LogP contribution is -2.12. The summed E-state index contributed by atoms with van der Waals surface area (Å²) in [6.07, 6.45) is 1.40. The van der Waals surface area contributed by atoms with Crippen molar-refractivity contribution >= 4 is 17.3 Å². The first-order valence-electron chi connectivity index (χ1n) is 6.28. The van der Waals surface area contributed by atoms with Crippen LogP contribution in [0.4, 0.5) is 10.1 Å². The summed E-state index contributed by atoms with van der Waals surface area (Å²) < 4.78 is 12.9. The van der Waals surface area contributed by atoms with Crippen LogP contribution in [0.15, 0.2) is 35.3 Å². The number of hydrogen-bond donors (Lipinski definition) is 3. The van der Waals surface area contributed by atoms with Gasteiger partial charge in [-0.25, -0.2) is 14.5 Å². The van der Waals surface area contributed by atoms with Gasteiger partial charge < -0.3 is 5.32 Å². The lowest BCUT2D eigenvalue weighted by Gasteiger charge is -2.04. The normalized spacial score (nSPS) is 10.6. The Morgan fingerprint density at radius 2 is 2.00 bits per heavy atom. The largest absolute Gasteiger partial charge is 0.375 e. The van der Waals surface area contributed by atoms with Gasteiger partial charge >= 0.3 is 0 Å². The highest BCUT2D eigenvalue weighted by Gasteiger charge is 2.08. The Labute approximate surface area is 128 Å². The summed E-state index contributed by atoms with van der Waals surface area (Å²) in [5, 5.41) is 15.6. The molecule has 112 valence electrons. The molecule has 7 nitrogen and oxygen atoms in total. The number of anilines is 1. The third-order valence-corrected chi connectivity index (χ3v) is 3.25. The summed E-state index contributed by atoms with van der Waals surface area (Å²) in [5.41, 5.74) is 0.612.